The molecule has 2 aromatic heterocycles. The van der Waals surface area contributed by atoms with Gasteiger partial charge in [-0.2, -0.15) is 5.10 Å². The molecule has 3 aromatic rings. The van der Waals surface area contributed by atoms with Gasteiger partial charge in [0, 0.05) is 27.2 Å². The van der Waals surface area contributed by atoms with Gasteiger partial charge in [0.25, 0.3) is 5.13 Å². The number of phenols is 1. The zero-order chi connectivity index (χ0) is 20.1. The average molecular weight is 418 g/mol. The van der Waals surface area contributed by atoms with Crippen LogP contribution in [0.15, 0.2) is 49.2 Å². The summed E-state index contributed by atoms with van der Waals surface area (Å²) in [6.45, 7) is 2.04. The van der Waals surface area contributed by atoms with E-state index in [1.165, 1.54) is 11.3 Å². The number of aromatic nitrogens is 4. The summed E-state index contributed by atoms with van der Waals surface area (Å²) in [7, 11) is 5.47. The fourth-order valence-corrected chi connectivity index (χ4v) is 3.75. The maximum Gasteiger partial charge on any atom is 0.252 e. The van der Waals surface area contributed by atoms with Gasteiger partial charge in [-0.25, -0.2) is 4.68 Å². The van der Waals surface area contributed by atoms with Crippen LogP contribution in [0.4, 0.5) is 28.0 Å². The summed E-state index contributed by atoms with van der Waals surface area (Å²) < 4.78 is 2.41. The van der Waals surface area contributed by atoms with E-state index >= 15 is 0 Å². The molecule has 0 fully saturated rings. The van der Waals surface area contributed by atoms with Gasteiger partial charge >= 0.3 is 0 Å². The summed E-state index contributed by atoms with van der Waals surface area (Å²) >= 11 is 2.93. The van der Waals surface area contributed by atoms with Crippen LogP contribution in [-0.2, 0) is 7.05 Å². The average Bonchev–Trinajstić information content (AvgIpc) is 3.28. The van der Waals surface area contributed by atoms with Crippen LogP contribution in [0.5, 0.6) is 5.75 Å². The molecule has 0 saturated carbocycles. The van der Waals surface area contributed by atoms with Crippen molar-refractivity contribution >= 4 is 51.1 Å². The highest BCUT2D eigenvalue weighted by atomic mass is 32.2. The number of rotatable bonds is 7. The Balaban J connectivity index is 1.93. The third-order valence-electron chi connectivity index (χ3n) is 3.54. The van der Waals surface area contributed by atoms with Gasteiger partial charge in [0.15, 0.2) is 21.6 Å². The summed E-state index contributed by atoms with van der Waals surface area (Å²) in [6, 6.07) is 5.19. The normalized spacial score (nSPS) is 11.7. The Hall–Kier alpha value is -2.86. The highest BCUT2D eigenvalue weighted by molar-refractivity contribution is 8.01. The molecule has 10 nitrogen and oxygen atoms in total. The largest absolute Gasteiger partial charge is 0.504 e. The van der Waals surface area contributed by atoms with Crippen LogP contribution in [0.2, 0.25) is 0 Å². The van der Waals surface area contributed by atoms with Crippen molar-refractivity contribution in [2.75, 3.05) is 24.7 Å². The molecular formula is C16H19N9OS2. The van der Waals surface area contributed by atoms with E-state index in [4.69, 9.17) is 0 Å². The second kappa shape index (κ2) is 8.89. The lowest BCUT2D eigenvalue weighted by molar-refractivity contribution is 0.477. The van der Waals surface area contributed by atoms with Gasteiger partial charge in [-0.15, -0.1) is 30.7 Å². The van der Waals surface area contributed by atoms with Crippen molar-refractivity contribution in [2.45, 2.75) is 11.3 Å². The van der Waals surface area contributed by atoms with Gasteiger partial charge in [0.2, 0.25) is 0 Å². The Morgan fingerprint density at radius 2 is 1.96 bits per heavy atom. The molecule has 0 aliphatic heterocycles. The van der Waals surface area contributed by atoms with Crippen molar-refractivity contribution in [2.24, 2.45) is 27.5 Å². The maximum atomic E-state index is 10.7. The minimum Gasteiger partial charge on any atom is -0.504 e. The van der Waals surface area contributed by atoms with Crippen LogP contribution < -0.4 is 4.90 Å². The number of aromatic hydroxyl groups is 1. The van der Waals surface area contributed by atoms with E-state index in [-0.39, 0.29) is 11.4 Å². The lowest BCUT2D eigenvalue weighted by Gasteiger charge is -2.16. The van der Waals surface area contributed by atoms with E-state index in [1.54, 1.807) is 47.9 Å². The summed E-state index contributed by atoms with van der Waals surface area (Å²) in [6.07, 6.45) is 1.62. The molecule has 0 atom stereocenters. The molecular weight excluding hydrogens is 398 g/mol. The van der Waals surface area contributed by atoms with E-state index in [0.717, 1.165) is 10.1 Å². The van der Waals surface area contributed by atoms with Crippen molar-refractivity contribution < 1.29 is 5.11 Å². The van der Waals surface area contributed by atoms with Crippen molar-refractivity contribution in [1.29, 1.82) is 0 Å². The Morgan fingerprint density at radius 1 is 1.14 bits per heavy atom. The zero-order valence-corrected chi connectivity index (χ0v) is 17.4. The molecule has 0 spiro atoms. The second-order valence-electron chi connectivity index (χ2n) is 5.69. The van der Waals surface area contributed by atoms with E-state index in [0.29, 0.717) is 22.3 Å². The van der Waals surface area contributed by atoms with Crippen molar-refractivity contribution in [3.63, 3.8) is 0 Å². The number of benzene rings is 1. The number of thioether (sulfide) groups is 1. The summed E-state index contributed by atoms with van der Waals surface area (Å²) in [4.78, 5) is 1.83. The van der Waals surface area contributed by atoms with Gasteiger partial charge in [0.1, 0.15) is 5.69 Å². The van der Waals surface area contributed by atoms with Gasteiger partial charge in [-0.05, 0) is 17.9 Å². The molecule has 0 saturated heterocycles. The van der Waals surface area contributed by atoms with Gasteiger partial charge in [-0.3, -0.25) is 0 Å². The number of nitrogens with zero attached hydrogens (tertiary/aromatic N) is 9. The Bertz CT molecular complexity index is 1010. The third-order valence-corrected chi connectivity index (χ3v) is 5.37. The number of phenolic OH excluding ortho intramolecular Hbond substituents is 1. The standard InChI is InChI=1S/C16H19N9OS2/c1-5-27-16-23-22-15(28-16)21-18-10-6-7-11(24(2)3)13(14(10)26)20-19-12-8-9-17-25(12)4/h6-9,26H,5H2,1-4H3/b20-19+,21-18+. The fraction of sp³-hybridized carbons (Fsp3) is 0.312. The predicted octanol–water partition coefficient (Wildman–Crippen LogP) is 4.99. The highest BCUT2D eigenvalue weighted by Crippen LogP contribution is 2.44. The van der Waals surface area contributed by atoms with Gasteiger partial charge < -0.3 is 10.0 Å². The first-order chi connectivity index (χ1) is 13.5. The predicted molar refractivity (Wildman–Crippen MR) is 110 cm³/mol. The molecule has 1 aromatic carbocycles. The van der Waals surface area contributed by atoms with Crippen LogP contribution in [0.1, 0.15) is 6.92 Å². The molecule has 0 unspecified atom stereocenters. The van der Waals surface area contributed by atoms with Gasteiger partial charge in [-0.1, -0.05) is 30.0 Å². The molecule has 28 heavy (non-hydrogen) atoms. The molecule has 0 amide bonds. The third kappa shape index (κ3) is 4.51. The smallest absolute Gasteiger partial charge is 0.252 e. The first kappa shape index (κ1) is 19.9. The zero-order valence-electron chi connectivity index (χ0n) is 15.8. The minimum atomic E-state index is -0.117. The first-order valence-electron chi connectivity index (χ1n) is 8.30. The fourth-order valence-electron chi connectivity index (χ4n) is 2.19. The van der Waals surface area contributed by atoms with E-state index in [1.807, 2.05) is 25.9 Å². The lowest BCUT2D eigenvalue weighted by Crippen LogP contribution is -2.08. The van der Waals surface area contributed by atoms with E-state index in [9.17, 15) is 5.11 Å². The van der Waals surface area contributed by atoms with Crippen molar-refractivity contribution in [1.82, 2.24) is 20.0 Å². The second-order valence-corrected chi connectivity index (χ2v) is 8.16. The molecule has 1 N–H and O–H groups in total. The number of azo groups is 2. The van der Waals surface area contributed by atoms with Crippen LogP contribution in [0.25, 0.3) is 0 Å². The highest BCUT2D eigenvalue weighted by Gasteiger charge is 2.15. The molecule has 0 bridgehead atoms. The molecule has 12 heteroatoms. The molecule has 146 valence electrons. The Kier molecular flexibility index (Phi) is 6.31. The van der Waals surface area contributed by atoms with Crippen LogP contribution in [-0.4, -0.2) is 44.9 Å². The van der Waals surface area contributed by atoms with Crippen molar-refractivity contribution in [3.8, 4) is 5.75 Å². The topological polar surface area (TPSA) is 117 Å². The molecule has 0 aliphatic carbocycles. The van der Waals surface area contributed by atoms with Crippen LogP contribution in [0, 0.1) is 0 Å². The molecule has 0 radical (unpaired) electrons. The maximum absolute atomic E-state index is 10.7. The summed E-state index contributed by atoms with van der Waals surface area (Å²) in [5.74, 6) is 1.35. The first-order valence-corrected chi connectivity index (χ1v) is 10.1. The summed E-state index contributed by atoms with van der Waals surface area (Å²) in [5.41, 5.74) is 1.26. The molecule has 2 heterocycles. The van der Waals surface area contributed by atoms with Gasteiger partial charge in [0.05, 0.1) is 11.9 Å². The monoisotopic (exact) mass is 417 g/mol. The lowest BCUT2D eigenvalue weighted by atomic mass is 10.2. The quantitative estimate of drug-likeness (QED) is 0.428. The number of hydrogen-bond acceptors (Lipinski definition) is 11. The Morgan fingerprint density at radius 3 is 2.64 bits per heavy atom. The SMILES string of the molecule is CCSc1nnc(/N=N/c2ccc(N(C)C)c(/N=N/c3ccnn3C)c2O)s1. The molecule has 3 rings (SSSR count). The summed E-state index contributed by atoms with van der Waals surface area (Å²) in [5, 5.41) is 39.7. The number of aryl methyl sites for hydroxylation is 1. The Labute approximate surface area is 170 Å². The molecule has 0 aliphatic rings. The van der Waals surface area contributed by atoms with E-state index < -0.39 is 0 Å². The number of anilines is 1. The van der Waals surface area contributed by atoms with Crippen LogP contribution >= 0.6 is 23.1 Å². The van der Waals surface area contributed by atoms with Crippen LogP contribution in [0.3, 0.4) is 0 Å². The number of hydrogen-bond donors (Lipinski definition) is 1. The van der Waals surface area contributed by atoms with Crippen molar-refractivity contribution in [3.05, 3.63) is 24.4 Å². The minimum absolute atomic E-state index is 0.117. The van der Waals surface area contributed by atoms with E-state index in [2.05, 4.69) is 35.8 Å².